The van der Waals surface area contributed by atoms with Gasteiger partial charge in [-0.1, -0.05) is 11.6 Å². The van der Waals surface area contributed by atoms with Crippen LogP contribution in [0.1, 0.15) is 10.4 Å². The van der Waals surface area contributed by atoms with Gasteiger partial charge in [0.05, 0.1) is 15.1 Å². The summed E-state index contributed by atoms with van der Waals surface area (Å²) in [6.45, 7) is 0. The molecule has 0 amide bonds. The number of nitrogens with zero attached hydrogens (tertiary/aromatic N) is 1. The van der Waals surface area contributed by atoms with Crippen molar-refractivity contribution in [3.05, 3.63) is 51.6 Å². The second-order valence-electron chi connectivity index (χ2n) is 3.34. The molecule has 0 bridgehead atoms. The molecule has 0 saturated heterocycles. The van der Waals surface area contributed by atoms with Crippen LogP contribution >= 0.6 is 27.5 Å². The van der Waals surface area contributed by atoms with Crippen molar-refractivity contribution in [1.29, 1.82) is 0 Å². The Kier molecular flexibility index (Phi) is 3.84. The van der Waals surface area contributed by atoms with Crippen LogP contribution in [0.3, 0.4) is 0 Å². The van der Waals surface area contributed by atoms with E-state index < -0.39 is 5.97 Å². The Morgan fingerprint density at radius 1 is 1.39 bits per heavy atom. The maximum Gasteiger partial charge on any atom is 0.335 e. The summed E-state index contributed by atoms with van der Waals surface area (Å²) in [6.07, 6.45) is 1.58. The van der Waals surface area contributed by atoms with Gasteiger partial charge in [0, 0.05) is 6.20 Å². The van der Waals surface area contributed by atoms with Crippen molar-refractivity contribution in [3.8, 4) is 11.6 Å². The summed E-state index contributed by atoms with van der Waals surface area (Å²) in [4.78, 5) is 14.8. The molecular formula is C12H7BrClNO3. The summed E-state index contributed by atoms with van der Waals surface area (Å²) in [5.41, 5.74) is 0.104. The zero-order valence-electron chi connectivity index (χ0n) is 8.93. The number of hydrogen-bond acceptors (Lipinski definition) is 3. The Hall–Kier alpha value is -1.59. The lowest BCUT2D eigenvalue weighted by atomic mass is 10.2. The van der Waals surface area contributed by atoms with Crippen molar-refractivity contribution in [1.82, 2.24) is 4.98 Å². The lowest BCUT2D eigenvalue weighted by Gasteiger charge is -2.08. The molecule has 6 heteroatoms. The van der Waals surface area contributed by atoms with Gasteiger partial charge < -0.3 is 9.84 Å². The summed E-state index contributed by atoms with van der Waals surface area (Å²) in [5, 5.41) is 9.03. The Labute approximate surface area is 116 Å². The number of carboxylic acid groups (broad SMARTS) is 1. The minimum absolute atomic E-state index is 0.104. The van der Waals surface area contributed by atoms with E-state index in [9.17, 15) is 4.79 Å². The average Bonchev–Trinajstić information content (AvgIpc) is 2.34. The van der Waals surface area contributed by atoms with Crippen LogP contribution in [-0.2, 0) is 0 Å². The van der Waals surface area contributed by atoms with Gasteiger partial charge in [0.1, 0.15) is 5.75 Å². The van der Waals surface area contributed by atoms with E-state index in [0.717, 1.165) is 0 Å². The Bertz CT molecular complexity index is 604. The molecule has 1 aromatic heterocycles. The molecule has 0 radical (unpaired) electrons. The number of carbonyl (C=O) groups is 1. The second-order valence-corrected chi connectivity index (χ2v) is 4.60. The molecule has 0 saturated carbocycles. The van der Waals surface area contributed by atoms with Crippen molar-refractivity contribution in [3.63, 3.8) is 0 Å². The van der Waals surface area contributed by atoms with Gasteiger partial charge in [-0.25, -0.2) is 9.78 Å². The molecule has 0 spiro atoms. The number of benzene rings is 1. The number of rotatable bonds is 3. The average molecular weight is 329 g/mol. The van der Waals surface area contributed by atoms with Crippen molar-refractivity contribution < 1.29 is 14.6 Å². The third-order valence-corrected chi connectivity index (χ3v) is 3.01. The third-order valence-electron chi connectivity index (χ3n) is 2.11. The first-order valence-electron chi connectivity index (χ1n) is 4.89. The summed E-state index contributed by atoms with van der Waals surface area (Å²) in [5.74, 6) is -0.328. The highest BCUT2D eigenvalue weighted by Gasteiger charge is 2.10. The monoisotopic (exact) mass is 327 g/mol. The zero-order valence-corrected chi connectivity index (χ0v) is 11.3. The van der Waals surface area contributed by atoms with Crippen molar-refractivity contribution in [2.45, 2.75) is 0 Å². The summed E-state index contributed by atoms with van der Waals surface area (Å²) in [6, 6.07) is 7.78. The van der Waals surface area contributed by atoms with Crippen LogP contribution in [-0.4, -0.2) is 16.1 Å². The van der Waals surface area contributed by atoms with Crippen LogP contribution in [0, 0.1) is 0 Å². The van der Waals surface area contributed by atoms with Crippen LogP contribution in [0.2, 0.25) is 5.02 Å². The van der Waals surface area contributed by atoms with E-state index in [1.54, 1.807) is 18.3 Å². The van der Waals surface area contributed by atoms with Crippen LogP contribution in [0.15, 0.2) is 41.0 Å². The largest absolute Gasteiger partial charge is 0.478 e. The highest BCUT2D eigenvalue weighted by molar-refractivity contribution is 9.10. The lowest BCUT2D eigenvalue weighted by molar-refractivity contribution is 0.0697. The van der Waals surface area contributed by atoms with Gasteiger partial charge in [-0.05, 0) is 46.3 Å². The Morgan fingerprint density at radius 3 is 2.78 bits per heavy atom. The maximum absolute atomic E-state index is 10.8. The molecule has 2 aromatic rings. The summed E-state index contributed by atoms with van der Waals surface area (Å²) < 4.78 is 6.18. The summed E-state index contributed by atoms with van der Waals surface area (Å²) >= 11 is 9.24. The predicted molar refractivity (Wildman–Crippen MR) is 70.4 cm³/mol. The number of halogens is 2. The molecule has 0 aliphatic carbocycles. The molecule has 1 aromatic carbocycles. The fraction of sp³-hybridized carbons (Fsp3) is 0. The first kappa shape index (κ1) is 12.9. The lowest BCUT2D eigenvalue weighted by Crippen LogP contribution is -1.96. The van der Waals surface area contributed by atoms with Gasteiger partial charge in [0.2, 0.25) is 5.88 Å². The van der Waals surface area contributed by atoms with Crippen molar-refractivity contribution in [2.24, 2.45) is 0 Å². The second kappa shape index (κ2) is 5.37. The Morgan fingerprint density at radius 2 is 2.17 bits per heavy atom. The zero-order chi connectivity index (χ0) is 13.1. The molecule has 0 aliphatic rings. The highest BCUT2D eigenvalue weighted by Crippen LogP contribution is 2.32. The topological polar surface area (TPSA) is 59.4 Å². The molecule has 1 N–H and O–H groups in total. The highest BCUT2D eigenvalue weighted by atomic mass is 79.9. The first-order chi connectivity index (χ1) is 8.58. The molecule has 92 valence electrons. The van der Waals surface area contributed by atoms with Gasteiger partial charge >= 0.3 is 5.97 Å². The fourth-order valence-electron chi connectivity index (χ4n) is 1.27. The molecule has 0 atom stereocenters. The minimum atomic E-state index is -1.04. The van der Waals surface area contributed by atoms with Crippen LogP contribution in [0.25, 0.3) is 0 Å². The quantitative estimate of drug-likeness (QED) is 0.925. The number of aromatic nitrogens is 1. The van der Waals surface area contributed by atoms with E-state index in [4.69, 9.17) is 21.4 Å². The standard InChI is InChI=1S/C12H7BrClNO3/c13-8-2-1-5-15-11(8)18-10-4-3-7(12(16)17)6-9(10)14/h1-6H,(H,16,17). The number of pyridine rings is 1. The SMILES string of the molecule is O=C(O)c1ccc(Oc2ncccc2Br)c(Cl)c1. The fourth-order valence-corrected chi connectivity index (χ4v) is 1.82. The minimum Gasteiger partial charge on any atom is -0.478 e. The van der Waals surface area contributed by atoms with Gasteiger partial charge in [-0.2, -0.15) is 0 Å². The molecule has 0 fully saturated rings. The maximum atomic E-state index is 10.8. The predicted octanol–water partition coefficient (Wildman–Crippen LogP) is 3.99. The van der Waals surface area contributed by atoms with E-state index in [1.807, 2.05) is 0 Å². The van der Waals surface area contributed by atoms with E-state index in [-0.39, 0.29) is 10.6 Å². The molecule has 4 nitrogen and oxygen atoms in total. The number of aromatic carboxylic acids is 1. The first-order valence-corrected chi connectivity index (χ1v) is 6.06. The van der Waals surface area contributed by atoms with E-state index >= 15 is 0 Å². The molecule has 0 unspecified atom stereocenters. The summed E-state index contributed by atoms with van der Waals surface area (Å²) in [7, 11) is 0. The van der Waals surface area contributed by atoms with Gasteiger partial charge in [-0.15, -0.1) is 0 Å². The number of carboxylic acids is 1. The number of hydrogen-bond donors (Lipinski definition) is 1. The van der Waals surface area contributed by atoms with Crippen LogP contribution < -0.4 is 4.74 Å². The van der Waals surface area contributed by atoms with Crippen LogP contribution in [0.5, 0.6) is 11.6 Å². The van der Waals surface area contributed by atoms with Crippen LogP contribution in [0.4, 0.5) is 0 Å². The van der Waals surface area contributed by atoms with Gasteiger partial charge in [0.25, 0.3) is 0 Å². The molecule has 0 aliphatic heterocycles. The normalized spacial score (nSPS) is 10.1. The number of ether oxygens (including phenoxy) is 1. The van der Waals surface area contributed by atoms with Crippen molar-refractivity contribution in [2.75, 3.05) is 0 Å². The molecular weight excluding hydrogens is 321 g/mol. The molecule has 18 heavy (non-hydrogen) atoms. The third kappa shape index (κ3) is 2.80. The van der Waals surface area contributed by atoms with E-state index in [1.165, 1.54) is 18.2 Å². The van der Waals surface area contributed by atoms with Gasteiger partial charge in [0.15, 0.2) is 0 Å². The van der Waals surface area contributed by atoms with Gasteiger partial charge in [-0.3, -0.25) is 0 Å². The smallest absolute Gasteiger partial charge is 0.335 e. The van der Waals surface area contributed by atoms with Crippen molar-refractivity contribution >= 4 is 33.5 Å². The molecule has 2 rings (SSSR count). The Balaban J connectivity index is 2.30. The molecule has 1 heterocycles. The van der Waals surface area contributed by atoms with E-state index in [2.05, 4.69) is 20.9 Å². The van der Waals surface area contributed by atoms with E-state index in [0.29, 0.717) is 16.1 Å².